The van der Waals surface area contributed by atoms with Crippen molar-refractivity contribution in [3.63, 3.8) is 0 Å². The molecule has 0 aromatic carbocycles. The molecule has 0 amide bonds. The molecule has 0 fully saturated rings. The topological polar surface area (TPSA) is 33.1 Å². The number of halogens is 1. The first-order chi connectivity index (χ1) is 9.77. The fraction of sp³-hybridized carbons (Fsp3) is 0.812. The molecule has 0 aliphatic rings. The SMILES string of the molecule is CCCNC(C)CC(C)(C)c1c(Br)cnn1CCN(C)C. The van der Waals surface area contributed by atoms with Crippen LogP contribution in [-0.4, -0.2) is 47.9 Å². The van der Waals surface area contributed by atoms with E-state index in [9.17, 15) is 0 Å². The maximum Gasteiger partial charge on any atom is 0.0635 e. The Morgan fingerprint density at radius 1 is 1.43 bits per heavy atom. The van der Waals surface area contributed by atoms with Gasteiger partial charge in [0.25, 0.3) is 0 Å². The minimum atomic E-state index is 0.0851. The zero-order valence-electron chi connectivity index (χ0n) is 14.4. The van der Waals surface area contributed by atoms with E-state index in [-0.39, 0.29) is 5.41 Å². The van der Waals surface area contributed by atoms with Gasteiger partial charge in [-0.15, -0.1) is 0 Å². The van der Waals surface area contributed by atoms with Crippen molar-refractivity contribution in [2.75, 3.05) is 27.2 Å². The van der Waals surface area contributed by atoms with E-state index in [0.717, 1.165) is 30.5 Å². The summed E-state index contributed by atoms with van der Waals surface area (Å²) >= 11 is 3.69. The third-order valence-corrected chi connectivity index (χ3v) is 4.33. The molecule has 0 radical (unpaired) electrons. The van der Waals surface area contributed by atoms with Gasteiger partial charge in [-0.3, -0.25) is 4.68 Å². The van der Waals surface area contributed by atoms with E-state index in [1.807, 2.05) is 6.20 Å². The minimum absolute atomic E-state index is 0.0851. The van der Waals surface area contributed by atoms with Gasteiger partial charge in [0.2, 0.25) is 0 Å². The first-order valence-corrected chi connectivity index (χ1v) is 8.67. The second-order valence-electron chi connectivity index (χ2n) is 6.81. The van der Waals surface area contributed by atoms with Crippen molar-refractivity contribution in [2.45, 2.75) is 58.5 Å². The monoisotopic (exact) mass is 358 g/mol. The van der Waals surface area contributed by atoms with Gasteiger partial charge in [-0.2, -0.15) is 5.10 Å². The number of hydrogen-bond acceptors (Lipinski definition) is 3. The molecule has 4 nitrogen and oxygen atoms in total. The average molecular weight is 359 g/mol. The summed E-state index contributed by atoms with van der Waals surface area (Å²) in [6.07, 6.45) is 4.20. The number of nitrogens with zero attached hydrogens (tertiary/aromatic N) is 3. The zero-order valence-corrected chi connectivity index (χ0v) is 16.0. The molecule has 1 heterocycles. The molecule has 0 saturated carbocycles. The van der Waals surface area contributed by atoms with Crippen LogP contribution in [0.2, 0.25) is 0 Å². The summed E-state index contributed by atoms with van der Waals surface area (Å²) in [6, 6.07) is 0.504. The fourth-order valence-electron chi connectivity index (χ4n) is 2.82. The zero-order chi connectivity index (χ0) is 16.0. The molecule has 1 aromatic heterocycles. The second kappa shape index (κ2) is 8.30. The highest BCUT2D eigenvalue weighted by Crippen LogP contribution is 2.33. The van der Waals surface area contributed by atoms with Gasteiger partial charge in [0.05, 0.1) is 22.9 Å². The molecule has 0 bridgehead atoms. The lowest BCUT2D eigenvalue weighted by Gasteiger charge is -2.30. The Morgan fingerprint density at radius 3 is 2.67 bits per heavy atom. The molecule has 122 valence electrons. The van der Waals surface area contributed by atoms with E-state index in [1.54, 1.807) is 0 Å². The van der Waals surface area contributed by atoms with Gasteiger partial charge in [0.1, 0.15) is 0 Å². The predicted octanol–water partition coefficient (Wildman–Crippen LogP) is 3.26. The minimum Gasteiger partial charge on any atom is -0.314 e. The van der Waals surface area contributed by atoms with Crippen LogP contribution in [0.4, 0.5) is 0 Å². The van der Waals surface area contributed by atoms with Crippen LogP contribution in [0.25, 0.3) is 0 Å². The van der Waals surface area contributed by atoms with E-state index in [2.05, 4.69) is 77.7 Å². The standard InChI is InChI=1S/C16H31BrN4/c1-7-8-18-13(2)11-16(3,4)15-14(17)12-19-21(15)10-9-20(5)6/h12-13,18H,7-11H2,1-6H3. The highest BCUT2D eigenvalue weighted by Gasteiger charge is 2.29. The van der Waals surface area contributed by atoms with Gasteiger partial charge >= 0.3 is 0 Å². The Kier molecular flexibility index (Phi) is 7.37. The fourth-order valence-corrected chi connectivity index (χ4v) is 3.66. The molecular weight excluding hydrogens is 328 g/mol. The van der Waals surface area contributed by atoms with Crippen LogP contribution in [0.1, 0.15) is 46.2 Å². The van der Waals surface area contributed by atoms with Crippen molar-refractivity contribution in [2.24, 2.45) is 0 Å². The van der Waals surface area contributed by atoms with E-state index in [0.29, 0.717) is 6.04 Å². The number of likely N-dealkylation sites (N-methyl/N-ethyl adjacent to an activating group) is 1. The van der Waals surface area contributed by atoms with Gasteiger partial charge in [-0.25, -0.2) is 0 Å². The summed E-state index contributed by atoms with van der Waals surface area (Å²) in [7, 11) is 4.19. The van der Waals surface area contributed by atoms with E-state index in [4.69, 9.17) is 0 Å². The summed E-state index contributed by atoms with van der Waals surface area (Å²) in [5, 5.41) is 8.13. The smallest absolute Gasteiger partial charge is 0.0635 e. The summed E-state index contributed by atoms with van der Waals surface area (Å²) in [5.74, 6) is 0. The Bertz CT molecular complexity index is 426. The van der Waals surface area contributed by atoms with E-state index >= 15 is 0 Å². The molecule has 1 rings (SSSR count). The molecule has 0 aliphatic carbocycles. The van der Waals surface area contributed by atoms with Crippen LogP contribution < -0.4 is 5.32 Å². The first-order valence-electron chi connectivity index (χ1n) is 7.87. The lowest BCUT2D eigenvalue weighted by Crippen LogP contribution is -2.35. The Morgan fingerprint density at radius 2 is 2.10 bits per heavy atom. The third-order valence-electron chi connectivity index (χ3n) is 3.75. The van der Waals surface area contributed by atoms with Gasteiger partial charge < -0.3 is 10.2 Å². The Labute approximate surface area is 138 Å². The summed E-state index contributed by atoms with van der Waals surface area (Å²) in [5.41, 5.74) is 1.39. The van der Waals surface area contributed by atoms with Gasteiger partial charge in [0, 0.05) is 18.0 Å². The molecule has 1 atom stereocenters. The van der Waals surface area contributed by atoms with Crippen LogP contribution >= 0.6 is 15.9 Å². The van der Waals surface area contributed by atoms with Crippen LogP contribution in [-0.2, 0) is 12.0 Å². The van der Waals surface area contributed by atoms with Gasteiger partial charge in [-0.1, -0.05) is 20.8 Å². The molecule has 0 aliphatic heterocycles. The molecule has 0 saturated heterocycles. The predicted molar refractivity (Wildman–Crippen MR) is 93.9 cm³/mol. The van der Waals surface area contributed by atoms with Crippen LogP contribution in [0.15, 0.2) is 10.7 Å². The largest absolute Gasteiger partial charge is 0.314 e. The number of nitrogens with one attached hydrogen (secondary N) is 1. The molecular formula is C16H31BrN4. The van der Waals surface area contributed by atoms with Crippen molar-refractivity contribution in [1.82, 2.24) is 20.0 Å². The molecule has 1 N–H and O–H groups in total. The first kappa shape index (κ1) is 18.7. The molecule has 0 spiro atoms. The maximum atomic E-state index is 4.55. The summed E-state index contributed by atoms with van der Waals surface area (Å²) in [4.78, 5) is 2.19. The lowest BCUT2D eigenvalue weighted by molar-refractivity contribution is 0.335. The van der Waals surface area contributed by atoms with Crippen LogP contribution in [0.3, 0.4) is 0 Å². The Hall–Kier alpha value is -0.390. The summed E-state index contributed by atoms with van der Waals surface area (Å²) in [6.45, 7) is 12.1. The van der Waals surface area contributed by atoms with Gasteiger partial charge in [-0.05, 0) is 56.3 Å². The summed E-state index contributed by atoms with van der Waals surface area (Å²) < 4.78 is 3.27. The highest BCUT2D eigenvalue weighted by atomic mass is 79.9. The molecule has 1 aromatic rings. The Balaban J connectivity index is 2.83. The molecule has 5 heteroatoms. The highest BCUT2D eigenvalue weighted by molar-refractivity contribution is 9.10. The number of hydrogen-bond donors (Lipinski definition) is 1. The quantitative estimate of drug-likeness (QED) is 0.735. The second-order valence-corrected chi connectivity index (χ2v) is 7.67. The average Bonchev–Trinajstić information content (AvgIpc) is 2.75. The van der Waals surface area contributed by atoms with Crippen LogP contribution in [0, 0.1) is 0 Å². The van der Waals surface area contributed by atoms with Crippen LogP contribution in [0.5, 0.6) is 0 Å². The van der Waals surface area contributed by atoms with Crippen molar-refractivity contribution >= 4 is 15.9 Å². The normalized spacial score (nSPS) is 13.9. The molecule has 1 unspecified atom stereocenters. The molecule has 21 heavy (non-hydrogen) atoms. The van der Waals surface area contributed by atoms with Gasteiger partial charge in [0.15, 0.2) is 0 Å². The van der Waals surface area contributed by atoms with E-state index < -0.39 is 0 Å². The van der Waals surface area contributed by atoms with Crippen molar-refractivity contribution < 1.29 is 0 Å². The number of rotatable bonds is 9. The van der Waals surface area contributed by atoms with E-state index in [1.165, 1.54) is 12.1 Å². The lowest BCUT2D eigenvalue weighted by atomic mass is 9.82. The third kappa shape index (κ3) is 5.72. The van der Waals surface area contributed by atoms with Crippen molar-refractivity contribution in [3.05, 3.63) is 16.4 Å². The van der Waals surface area contributed by atoms with Crippen molar-refractivity contribution in [3.8, 4) is 0 Å². The number of aromatic nitrogens is 2. The van der Waals surface area contributed by atoms with Crippen molar-refractivity contribution in [1.29, 1.82) is 0 Å². The maximum absolute atomic E-state index is 4.55.